The molecule has 0 radical (unpaired) electrons. The number of hydrogen-bond acceptors (Lipinski definition) is 4. The van der Waals surface area contributed by atoms with E-state index in [2.05, 4.69) is 38.8 Å². The van der Waals surface area contributed by atoms with Crippen molar-refractivity contribution in [3.63, 3.8) is 0 Å². The summed E-state index contributed by atoms with van der Waals surface area (Å²) in [6.07, 6.45) is 4.09. The van der Waals surface area contributed by atoms with Crippen molar-refractivity contribution < 1.29 is 19.1 Å². The molecule has 0 spiro atoms. The Morgan fingerprint density at radius 2 is 1.75 bits per heavy atom. The van der Waals surface area contributed by atoms with Crippen molar-refractivity contribution >= 4 is 55.3 Å². The Balaban J connectivity index is 1.52. The maximum atomic E-state index is 13.1. The molecule has 2 bridgehead atoms. The van der Waals surface area contributed by atoms with Crippen molar-refractivity contribution in [1.29, 1.82) is 0 Å². The zero-order valence-corrected chi connectivity index (χ0v) is 18.8. The Bertz CT molecular complexity index is 781. The van der Waals surface area contributed by atoms with Gasteiger partial charge in [-0.05, 0) is 36.8 Å². The minimum Gasteiger partial charge on any atom is -0.426 e. The molecule has 4 rings (SSSR count). The summed E-state index contributed by atoms with van der Waals surface area (Å²) in [6, 6.07) is 6.74. The van der Waals surface area contributed by atoms with Crippen LogP contribution in [0.3, 0.4) is 0 Å². The van der Waals surface area contributed by atoms with Crippen LogP contribution < -0.4 is 9.64 Å². The Morgan fingerprint density at radius 3 is 2.36 bits per heavy atom. The third-order valence-corrected chi connectivity index (χ3v) is 9.49. The normalized spacial score (nSPS) is 33.5. The summed E-state index contributed by atoms with van der Waals surface area (Å²) in [4.78, 5) is 39.9. The van der Waals surface area contributed by atoms with Crippen LogP contribution in [0.25, 0.3) is 0 Å². The van der Waals surface area contributed by atoms with Gasteiger partial charge in [0.05, 0.1) is 17.5 Å². The maximum absolute atomic E-state index is 13.1. The fraction of sp³-hybridized carbons (Fsp3) is 0.571. The molecular weight excluding hydrogens is 490 g/mol. The van der Waals surface area contributed by atoms with Gasteiger partial charge in [-0.3, -0.25) is 14.4 Å². The van der Waals surface area contributed by atoms with Crippen LogP contribution in [0.2, 0.25) is 0 Å². The van der Waals surface area contributed by atoms with Gasteiger partial charge in [-0.1, -0.05) is 57.7 Å². The van der Waals surface area contributed by atoms with E-state index in [1.54, 1.807) is 24.3 Å². The number of halogens is 2. The van der Waals surface area contributed by atoms with E-state index in [1.807, 2.05) is 0 Å². The van der Waals surface area contributed by atoms with Gasteiger partial charge in [-0.15, -0.1) is 0 Å². The summed E-state index contributed by atoms with van der Waals surface area (Å²) >= 11 is 7.40. The van der Waals surface area contributed by atoms with Gasteiger partial charge in [0.25, 0.3) is 0 Å². The Labute approximate surface area is 181 Å². The molecular formula is C21H23Br2NO4. The summed E-state index contributed by atoms with van der Waals surface area (Å²) in [6.45, 7) is 2.08. The van der Waals surface area contributed by atoms with E-state index in [0.29, 0.717) is 17.9 Å². The first-order chi connectivity index (χ1) is 13.4. The lowest BCUT2D eigenvalue weighted by molar-refractivity contribution is -0.134. The van der Waals surface area contributed by atoms with Gasteiger partial charge in [0.1, 0.15) is 5.75 Å². The van der Waals surface area contributed by atoms with Crippen LogP contribution in [-0.2, 0) is 14.4 Å². The number of unbranched alkanes of at least 4 members (excludes halogenated alkanes) is 2. The van der Waals surface area contributed by atoms with E-state index in [0.717, 1.165) is 25.7 Å². The molecule has 28 heavy (non-hydrogen) atoms. The molecule has 5 nitrogen and oxygen atoms in total. The van der Waals surface area contributed by atoms with Crippen molar-refractivity contribution in [1.82, 2.24) is 0 Å². The van der Waals surface area contributed by atoms with Gasteiger partial charge >= 0.3 is 5.97 Å². The van der Waals surface area contributed by atoms with E-state index >= 15 is 0 Å². The number of anilines is 1. The third-order valence-electron chi connectivity index (χ3n) is 6.28. The van der Waals surface area contributed by atoms with Crippen LogP contribution in [-0.4, -0.2) is 27.4 Å². The quantitative estimate of drug-likeness (QED) is 0.186. The molecule has 3 fully saturated rings. The van der Waals surface area contributed by atoms with Gasteiger partial charge in [0.2, 0.25) is 11.8 Å². The number of nitrogens with zero attached hydrogens (tertiary/aromatic N) is 1. The van der Waals surface area contributed by atoms with Crippen LogP contribution in [0.1, 0.15) is 39.0 Å². The standard InChI is InChI=1S/C21H23Br2NO4/c1-2-3-4-8-15(25)28-12-7-5-6-11(9-12)24-20(26)16-13-10-14(17(16)21(24)27)19(23)18(13)22/h5-7,9,13-14,16-19H,2-4,8,10H2,1H3/t13-,14+,16+,17-,18+,19-. The van der Waals surface area contributed by atoms with E-state index in [-0.39, 0.29) is 51.1 Å². The predicted octanol–water partition coefficient (Wildman–Crippen LogP) is 4.45. The van der Waals surface area contributed by atoms with Crippen LogP contribution in [0.5, 0.6) is 5.75 Å². The van der Waals surface area contributed by atoms with Crippen molar-refractivity contribution in [2.75, 3.05) is 4.90 Å². The van der Waals surface area contributed by atoms with E-state index < -0.39 is 0 Å². The van der Waals surface area contributed by atoms with E-state index in [4.69, 9.17) is 4.74 Å². The van der Waals surface area contributed by atoms with Crippen LogP contribution in [0.15, 0.2) is 24.3 Å². The molecule has 1 aliphatic heterocycles. The fourth-order valence-electron chi connectivity index (χ4n) is 4.99. The highest BCUT2D eigenvalue weighted by Gasteiger charge is 2.66. The molecule has 0 N–H and O–H groups in total. The molecule has 150 valence electrons. The lowest BCUT2D eigenvalue weighted by Crippen LogP contribution is -2.37. The van der Waals surface area contributed by atoms with Crippen molar-refractivity contribution in [2.45, 2.75) is 48.7 Å². The second-order valence-electron chi connectivity index (χ2n) is 7.94. The van der Waals surface area contributed by atoms with Crippen molar-refractivity contribution in [3.05, 3.63) is 24.3 Å². The number of benzene rings is 1. The van der Waals surface area contributed by atoms with Gasteiger partial charge < -0.3 is 4.74 Å². The highest BCUT2D eigenvalue weighted by molar-refractivity contribution is 9.12. The zero-order valence-electron chi connectivity index (χ0n) is 15.6. The average Bonchev–Trinajstić information content (AvgIpc) is 3.27. The predicted molar refractivity (Wildman–Crippen MR) is 113 cm³/mol. The molecule has 1 heterocycles. The first-order valence-corrected chi connectivity index (χ1v) is 11.7. The molecule has 7 heteroatoms. The van der Waals surface area contributed by atoms with Gasteiger partial charge in [-0.2, -0.15) is 0 Å². The minimum atomic E-state index is -0.288. The zero-order chi connectivity index (χ0) is 20.0. The smallest absolute Gasteiger partial charge is 0.311 e. The summed E-state index contributed by atoms with van der Waals surface area (Å²) < 4.78 is 5.41. The number of fused-ring (bicyclic) bond motifs is 5. The number of rotatable bonds is 6. The number of carbonyl (C=O) groups is 3. The first-order valence-electron chi connectivity index (χ1n) is 9.90. The number of alkyl halides is 2. The molecule has 0 unspecified atom stereocenters. The maximum Gasteiger partial charge on any atom is 0.311 e. The molecule has 1 aromatic rings. The SMILES string of the molecule is CCCCCC(=O)Oc1cccc(N2C(=O)[C@@H]3[C@@H]4C[C@@H]([C@H](Br)[C@@H]4Br)[C@@H]3C2=O)c1. The number of carbonyl (C=O) groups excluding carboxylic acids is 3. The molecule has 2 saturated carbocycles. The molecule has 6 atom stereocenters. The van der Waals surface area contributed by atoms with Crippen LogP contribution in [0, 0.1) is 23.7 Å². The van der Waals surface area contributed by atoms with E-state index in [1.165, 1.54) is 4.90 Å². The Hall–Kier alpha value is -1.21. The monoisotopic (exact) mass is 511 g/mol. The third kappa shape index (κ3) is 3.24. The number of imide groups is 1. The van der Waals surface area contributed by atoms with Gasteiger partial charge in [0.15, 0.2) is 0 Å². The molecule has 1 saturated heterocycles. The largest absolute Gasteiger partial charge is 0.426 e. The second-order valence-corrected chi connectivity index (χ2v) is 10.1. The van der Waals surface area contributed by atoms with Gasteiger partial charge in [0, 0.05) is 22.1 Å². The van der Waals surface area contributed by atoms with Gasteiger partial charge in [-0.25, -0.2) is 4.90 Å². The second kappa shape index (κ2) is 7.90. The fourth-order valence-corrected chi connectivity index (χ4v) is 6.86. The summed E-state index contributed by atoms with van der Waals surface area (Å²) in [5, 5.41) is 0. The Kier molecular flexibility index (Phi) is 5.67. The number of hydrogen-bond donors (Lipinski definition) is 0. The highest BCUT2D eigenvalue weighted by atomic mass is 79.9. The molecule has 0 aromatic heterocycles. The molecule has 2 amide bonds. The molecule has 3 aliphatic rings. The topological polar surface area (TPSA) is 63.7 Å². The highest BCUT2D eigenvalue weighted by Crippen LogP contribution is 2.60. The van der Waals surface area contributed by atoms with Crippen LogP contribution >= 0.6 is 31.9 Å². The number of esters is 1. The lowest BCUT2D eigenvalue weighted by Gasteiger charge is -2.28. The summed E-state index contributed by atoms with van der Waals surface area (Å²) in [5.41, 5.74) is 0.486. The van der Waals surface area contributed by atoms with Crippen molar-refractivity contribution in [3.8, 4) is 5.75 Å². The first kappa shape index (κ1) is 20.1. The lowest BCUT2D eigenvalue weighted by atomic mass is 9.81. The summed E-state index contributed by atoms with van der Waals surface area (Å²) in [5.74, 6) is -0.316. The Morgan fingerprint density at radius 1 is 1.11 bits per heavy atom. The average molecular weight is 513 g/mol. The van der Waals surface area contributed by atoms with Crippen LogP contribution in [0.4, 0.5) is 5.69 Å². The minimum absolute atomic E-state index is 0.127. The summed E-state index contributed by atoms with van der Waals surface area (Å²) in [7, 11) is 0. The molecule has 1 aromatic carbocycles. The number of ether oxygens (including phenoxy) is 1. The molecule has 2 aliphatic carbocycles. The van der Waals surface area contributed by atoms with Crippen molar-refractivity contribution in [2.24, 2.45) is 23.7 Å². The van der Waals surface area contributed by atoms with E-state index in [9.17, 15) is 14.4 Å². The number of amides is 2.